The molecule has 2 saturated carbocycles. The summed E-state index contributed by atoms with van der Waals surface area (Å²) in [6.45, 7) is 17.4. The number of rotatable bonds is 1. The highest BCUT2D eigenvalue weighted by molar-refractivity contribution is 5.81. The van der Waals surface area contributed by atoms with Gasteiger partial charge in [0.1, 0.15) is 0 Å². The van der Waals surface area contributed by atoms with Gasteiger partial charge in [0.2, 0.25) is 0 Å². The number of ether oxygens (including phenoxy) is 1. The van der Waals surface area contributed by atoms with E-state index in [9.17, 15) is 4.79 Å². The molecular formula is C31H46O2. The Kier molecular flexibility index (Phi) is 4.89. The van der Waals surface area contributed by atoms with Crippen molar-refractivity contribution < 1.29 is 9.53 Å². The van der Waals surface area contributed by atoms with Crippen LogP contribution in [-0.2, 0) is 9.53 Å². The maximum Gasteiger partial charge on any atom is 0.316 e. The van der Waals surface area contributed by atoms with Crippen LogP contribution in [0.5, 0.6) is 0 Å². The average molecular weight is 451 g/mol. The largest absolute Gasteiger partial charge is 0.468 e. The minimum Gasteiger partial charge on any atom is -0.468 e. The van der Waals surface area contributed by atoms with E-state index in [-0.39, 0.29) is 33.5 Å². The molecule has 0 saturated heterocycles. The van der Waals surface area contributed by atoms with Gasteiger partial charge in [-0.15, -0.1) is 0 Å². The Labute approximate surface area is 202 Å². The van der Waals surface area contributed by atoms with Crippen molar-refractivity contribution in [3.8, 4) is 0 Å². The van der Waals surface area contributed by atoms with E-state index in [4.69, 9.17) is 4.74 Å². The molecule has 0 bridgehead atoms. The standard InChI is InChI=1S/C31H46O2/c1-26(2)16-18-31(25(32)33-8)19-17-29(6)21(22(31)20-26)10-11-24-28(5)14-9-13-27(3,4)23(28)12-15-30(24,29)7/h9-10,13,17,19,22-24H,11-12,14-16,18,20H2,1-8H3/t22?,23?,24?,28-,29+,30+,31-/m0/s1. The van der Waals surface area contributed by atoms with Crippen LogP contribution in [0, 0.1) is 50.2 Å². The fourth-order valence-corrected chi connectivity index (χ4v) is 9.85. The van der Waals surface area contributed by atoms with Crippen molar-refractivity contribution in [2.24, 2.45) is 50.2 Å². The average Bonchev–Trinajstić information content (AvgIpc) is 2.72. The number of carbonyl (C=O) groups is 1. The highest BCUT2D eigenvalue weighted by Crippen LogP contribution is 2.73. The van der Waals surface area contributed by atoms with Crippen LogP contribution >= 0.6 is 0 Å². The van der Waals surface area contributed by atoms with Gasteiger partial charge in [0.15, 0.2) is 0 Å². The lowest BCUT2D eigenvalue weighted by atomic mass is 9.35. The first-order valence-corrected chi connectivity index (χ1v) is 13.4. The maximum atomic E-state index is 13.3. The molecule has 5 aliphatic rings. The Balaban J connectivity index is 1.64. The van der Waals surface area contributed by atoms with Gasteiger partial charge in [-0.05, 0) is 78.4 Å². The molecule has 3 unspecified atom stereocenters. The lowest BCUT2D eigenvalue weighted by Gasteiger charge is -2.68. The third kappa shape index (κ3) is 2.88. The molecule has 33 heavy (non-hydrogen) atoms. The van der Waals surface area contributed by atoms with Gasteiger partial charge in [0, 0.05) is 11.3 Å². The van der Waals surface area contributed by atoms with E-state index in [0.717, 1.165) is 31.6 Å². The molecule has 2 nitrogen and oxygen atoms in total. The van der Waals surface area contributed by atoms with Crippen LogP contribution in [0.15, 0.2) is 36.0 Å². The Morgan fingerprint density at radius 2 is 1.67 bits per heavy atom. The van der Waals surface area contributed by atoms with E-state index in [1.165, 1.54) is 19.3 Å². The van der Waals surface area contributed by atoms with Gasteiger partial charge >= 0.3 is 5.97 Å². The van der Waals surface area contributed by atoms with E-state index >= 15 is 0 Å². The molecule has 0 radical (unpaired) electrons. The van der Waals surface area contributed by atoms with Crippen molar-refractivity contribution in [1.82, 2.24) is 0 Å². The van der Waals surface area contributed by atoms with E-state index in [0.29, 0.717) is 11.3 Å². The summed E-state index contributed by atoms with van der Waals surface area (Å²) in [5, 5.41) is 0. The van der Waals surface area contributed by atoms with Gasteiger partial charge < -0.3 is 4.74 Å². The van der Waals surface area contributed by atoms with Gasteiger partial charge in [0.25, 0.3) is 0 Å². The second-order valence-corrected chi connectivity index (χ2v) is 14.4. The first-order valence-electron chi connectivity index (χ1n) is 13.4. The molecule has 0 spiro atoms. The van der Waals surface area contributed by atoms with E-state index in [1.54, 1.807) is 12.7 Å². The second kappa shape index (κ2) is 6.88. The Hall–Kier alpha value is -1.31. The Bertz CT molecular complexity index is 950. The lowest BCUT2D eigenvalue weighted by Crippen LogP contribution is -2.62. The fraction of sp³-hybridized carbons (Fsp3) is 0.774. The number of hydrogen-bond donors (Lipinski definition) is 0. The molecular weight excluding hydrogens is 404 g/mol. The maximum absolute atomic E-state index is 13.3. The van der Waals surface area contributed by atoms with Crippen LogP contribution in [0.2, 0.25) is 0 Å². The van der Waals surface area contributed by atoms with Crippen LogP contribution in [-0.4, -0.2) is 13.1 Å². The zero-order valence-corrected chi connectivity index (χ0v) is 22.4. The number of allylic oxidation sites excluding steroid dienone is 5. The molecule has 0 amide bonds. The predicted molar refractivity (Wildman–Crippen MR) is 135 cm³/mol. The van der Waals surface area contributed by atoms with Gasteiger partial charge in [-0.25, -0.2) is 0 Å². The number of carbonyl (C=O) groups excluding carboxylic acids is 1. The number of hydrogen-bond acceptors (Lipinski definition) is 2. The normalized spacial score (nSPS) is 49.1. The van der Waals surface area contributed by atoms with E-state index in [1.807, 2.05) is 0 Å². The molecule has 2 fully saturated rings. The summed E-state index contributed by atoms with van der Waals surface area (Å²) in [5.74, 6) is 1.63. The van der Waals surface area contributed by atoms with Gasteiger partial charge in [-0.2, -0.15) is 0 Å². The summed E-state index contributed by atoms with van der Waals surface area (Å²) in [6.07, 6.45) is 20.4. The topological polar surface area (TPSA) is 26.3 Å². The molecule has 182 valence electrons. The summed E-state index contributed by atoms with van der Waals surface area (Å²) in [4.78, 5) is 13.3. The molecule has 7 atom stereocenters. The smallest absolute Gasteiger partial charge is 0.316 e. The van der Waals surface area contributed by atoms with Crippen LogP contribution in [0.1, 0.15) is 93.4 Å². The highest BCUT2D eigenvalue weighted by Gasteiger charge is 2.67. The summed E-state index contributed by atoms with van der Waals surface area (Å²) >= 11 is 0. The molecule has 0 aromatic carbocycles. The van der Waals surface area contributed by atoms with Crippen LogP contribution in [0.25, 0.3) is 0 Å². The van der Waals surface area contributed by atoms with Crippen LogP contribution in [0.3, 0.4) is 0 Å². The molecule has 0 N–H and O–H groups in total. The second-order valence-electron chi connectivity index (χ2n) is 14.4. The molecule has 0 heterocycles. The van der Waals surface area contributed by atoms with Crippen LogP contribution < -0.4 is 0 Å². The summed E-state index contributed by atoms with van der Waals surface area (Å²) in [7, 11) is 1.57. The molecule has 0 aromatic rings. The predicted octanol–water partition coefficient (Wildman–Crippen LogP) is 7.90. The number of methoxy groups -OCH3 is 1. The summed E-state index contributed by atoms with van der Waals surface area (Å²) in [5.41, 5.74) is 2.15. The summed E-state index contributed by atoms with van der Waals surface area (Å²) in [6, 6.07) is 0. The first-order chi connectivity index (χ1) is 15.3. The van der Waals surface area contributed by atoms with Gasteiger partial charge in [-0.3, -0.25) is 4.79 Å². The van der Waals surface area contributed by atoms with E-state index < -0.39 is 5.41 Å². The highest BCUT2D eigenvalue weighted by atomic mass is 16.5. The van der Waals surface area contributed by atoms with Crippen molar-refractivity contribution in [2.45, 2.75) is 93.4 Å². The summed E-state index contributed by atoms with van der Waals surface area (Å²) < 4.78 is 5.45. The third-order valence-electron chi connectivity index (χ3n) is 11.9. The minimum absolute atomic E-state index is 0.00477. The number of esters is 1. The van der Waals surface area contributed by atoms with E-state index in [2.05, 4.69) is 78.8 Å². The van der Waals surface area contributed by atoms with Gasteiger partial charge in [0.05, 0.1) is 12.5 Å². The van der Waals surface area contributed by atoms with Gasteiger partial charge in [-0.1, -0.05) is 84.4 Å². The zero-order chi connectivity index (χ0) is 24.1. The van der Waals surface area contributed by atoms with Crippen molar-refractivity contribution in [3.05, 3.63) is 36.0 Å². The first kappa shape index (κ1) is 23.4. The SMILES string of the molecule is COC(=O)[C@@]12C=C[C@]3(C)C(=CCC4[C@@]5(C)CC=CC(C)(C)C5CC[C@]43C)C1CC(C)(C)CC2. The Morgan fingerprint density at radius 3 is 2.36 bits per heavy atom. The fourth-order valence-electron chi connectivity index (χ4n) is 9.85. The zero-order valence-electron chi connectivity index (χ0n) is 22.4. The Morgan fingerprint density at radius 1 is 0.939 bits per heavy atom. The molecule has 0 aromatic heterocycles. The minimum atomic E-state index is -0.477. The number of fused-ring (bicyclic) bond motifs is 7. The quantitative estimate of drug-likeness (QED) is 0.300. The lowest BCUT2D eigenvalue weighted by molar-refractivity contribution is -0.160. The molecule has 2 heteroatoms. The van der Waals surface area contributed by atoms with Crippen molar-refractivity contribution >= 4 is 5.97 Å². The monoisotopic (exact) mass is 450 g/mol. The van der Waals surface area contributed by atoms with Crippen molar-refractivity contribution in [3.63, 3.8) is 0 Å². The molecule has 5 aliphatic carbocycles. The van der Waals surface area contributed by atoms with Crippen LogP contribution in [0.4, 0.5) is 0 Å². The van der Waals surface area contributed by atoms with Crippen molar-refractivity contribution in [2.75, 3.05) is 7.11 Å². The molecule has 0 aliphatic heterocycles. The third-order valence-corrected chi connectivity index (χ3v) is 11.9. The van der Waals surface area contributed by atoms with Crippen molar-refractivity contribution in [1.29, 1.82) is 0 Å². The molecule has 5 rings (SSSR count).